The van der Waals surface area contributed by atoms with E-state index < -0.39 is 0 Å². The van der Waals surface area contributed by atoms with Gasteiger partial charge in [-0.2, -0.15) is 0 Å². The lowest BCUT2D eigenvalue weighted by atomic mass is 9.86. The van der Waals surface area contributed by atoms with Crippen LogP contribution in [0.1, 0.15) is 22.4 Å². The van der Waals surface area contributed by atoms with Crippen molar-refractivity contribution in [1.82, 2.24) is 10.2 Å². The SMILES string of the molecule is O=C(OCc1ccccc1)N1CCC2(C1)NCCc1sccc12. The molecule has 0 aliphatic carbocycles. The van der Waals surface area contributed by atoms with Crippen LogP contribution in [-0.4, -0.2) is 30.6 Å². The van der Waals surface area contributed by atoms with Gasteiger partial charge in [-0.05, 0) is 35.4 Å². The third-order valence-electron chi connectivity index (χ3n) is 4.81. The van der Waals surface area contributed by atoms with Crippen molar-refractivity contribution in [2.24, 2.45) is 0 Å². The molecule has 1 aromatic carbocycles. The van der Waals surface area contributed by atoms with E-state index in [0.717, 1.165) is 31.5 Å². The second-order valence-electron chi connectivity index (χ2n) is 6.23. The van der Waals surface area contributed by atoms with E-state index in [-0.39, 0.29) is 11.6 Å². The molecule has 2 aliphatic heterocycles. The summed E-state index contributed by atoms with van der Waals surface area (Å²) in [4.78, 5) is 15.7. The molecule has 0 bridgehead atoms. The summed E-state index contributed by atoms with van der Waals surface area (Å²) >= 11 is 1.83. The topological polar surface area (TPSA) is 41.6 Å². The minimum atomic E-state index is -0.213. The molecule has 1 unspecified atom stereocenters. The number of hydrogen-bond acceptors (Lipinski definition) is 4. The van der Waals surface area contributed by atoms with E-state index in [1.54, 1.807) is 0 Å². The molecule has 1 N–H and O–H groups in total. The third kappa shape index (κ3) is 2.75. The largest absolute Gasteiger partial charge is 0.445 e. The fraction of sp³-hybridized carbons (Fsp3) is 0.389. The first-order valence-corrected chi connectivity index (χ1v) is 8.92. The first-order chi connectivity index (χ1) is 11.3. The molecule has 2 aromatic rings. The van der Waals surface area contributed by atoms with Crippen LogP contribution in [0, 0.1) is 0 Å². The molecule has 1 spiro atoms. The van der Waals surface area contributed by atoms with E-state index in [1.165, 1.54) is 10.4 Å². The van der Waals surface area contributed by atoms with Gasteiger partial charge in [0.2, 0.25) is 0 Å². The molecule has 4 rings (SSSR count). The molecule has 0 saturated carbocycles. The highest BCUT2D eigenvalue weighted by Crippen LogP contribution is 2.39. The molecule has 4 nitrogen and oxygen atoms in total. The number of rotatable bonds is 2. The van der Waals surface area contributed by atoms with Gasteiger partial charge in [0.15, 0.2) is 0 Å². The Labute approximate surface area is 140 Å². The minimum Gasteiger partial charge on any atom is -0.445 e. The molecule has 5 heteroatoms. The van der Waals surface area contributed by atoms with E-state index in [2.05, 4.69) is 16.8 Å². The Balaban J connectivity index is 1.42. The van der Waals surface area contributed by atoms with Crippen LogP contribution in [0.5, 0.6) is 0 Å². The number of ether oxygens (including phenoxy) is 1. The van der Waals surface area contributed by atoms with Crippen molar-refractivity contribution in [2.45, 2.75) is 25.0 Å². The van der Waals surface area contributed by atoms with Gasteiger partial charge in [0.25, 0.3) is 0 Å². The number of benzene rings is 1. The third-order valence-corrected chi connectivity index (χ3v) is 5.79. The van der Waals surface area contributed by atoms with E-state index >= 15 is 0 Å². The Morgan fingerprint density at radius 3 is 3.04 bits per heavy atom. The smallest absolute Gasteiger partial charge is 0.410 e. The van der Waals surface area contributed by atoms with Crippen molar-refractivity contribution in [2.75, 3.05) is 19.6 Å². The molecule has 1 atom stereocenters. The number of carbonyl (C=O) groups excluding carboxylic acids is 1. The van der Waals surface area contributed by atoms with Crippen LogP contribution in [0.2, 0.25) is 0 Å². The molecule has 1 fully saturated rings. The summed E-state index contributed by atoms with van der Waals surface area (Å²) in [6, 6.07) is 12.0. The molecule has 1 amide bonds. The summed E-state index contributed by atoms with van der Waals surface area (Å²) < 4.78 is 5.48. The Kier molecular flexibility index (Phi) is 3.83. The Hall–Kier alpha value is -1.85. The number of amides is 1. The average molecular weight is 328 g/mol. The highest BCUT2D eigenvalue weighted by Gasteiger charge is 2.44. The van der Waals surface area contributed by atoms with Crippen molar-refractivity contribution < 1.29 is 9.53 Å². The highest BCUT2D eigenvalue weighted by molar-refractivity contribution is 7.10. The van der Waals surface area contributed by atoms with Gasteiger partial charge >= 0.3 is 6.09 Å². The molecule has 0 radical (unpaired) electrons. The van der Waals surface area contributed by atoms with Gasteiger partial charge in [0.05, 0.1) is 5.54 Å². The number of carbonyl (C=O) groups is 1. The van der Waals surface area contributed by atoms with Crippen molar-refractivity contribution in [1.29, 1.82) is 0 Å². The van der Waals surface area contributed by atoms with E-state index in [4.69, 9.17) is 4.74 Å². The highest BCUT2D eigenvalue weighted by atomic mass is 32.1. The number of nitrogens with zero attached hydrogens (tertiary/aromatic N) is 1. The molecule has 1 aromatic heterocycles. The summed E-state index contributed by atoms with van der Waals surface area (Å²) in [5.41, 5.74) is 2.33. The predicted octanol–water partition coefficient (Wildman–Crippen LogP) is 3.13. The first kappa shape index (κ1) is 14.7. The lowest BCUT2D eigenvalue weighted by Gasteiger charge is -2.35. The fourth-order valence-corrected chi connectivity index (χ4v) is 4.59. The van der Waals surface area contributed by atoms with E-state index in [0.29, 0.717) is 13.2 Å². The van der Waals surface area contributed by atoms with E-state index in [9.17, 15) is 4.79 Å². The van der Waals surface area contributed by atoms with Crippen LogP contribution in [0.25, 0.3) is 0 Å². The second-order valence-corrected chi connectivity index (χ2v) is 7.23. The maximum Gasteiger partial charge on any atom is 0.410 e. The number of thiophene rings is 1. The maximum atomic E-state index is 12.4. The van der Waals surface area contributed by atoms with Crippen molar-refractivity contribution in [3.8, 4) is 0 Å². The lowest BCUT2D eigenvalue weighted by molar-refractivity contribution is 0.101. The van der Waals surface area contributed by atoms with Gasteiger partial charge in [-0.25, -0.2) is 4.79 Å². The van der Waals surface area contributed by atoms with Crippen molar-refractivity contribution in [3.63, 3.8) is 0 Å². The number of hydrogen-bond donors (Lipinski definition) is 1. The number of likely N-dealkylation sites (tertiary alicyclic amines) is 1. The van der Waals surface area contributed by atoms with Crippen LogP contribution in [0.4, 0.5) is 4.79 Å². The fourth-order valence-electron chi connectivity index (χ4n) is 3.61. The van der Waals surface area contributed by atoms with Crippen LogP contribution in [-0.2, 0) is 23.3 Å². The molecular weight excluding hydrogens is 308 g/mol. The number of fused-ring (bicyclic) bond motifs is 2. The van der Waals surface area contributed by atoms with Crippen LogP contribution >= 0.6 is 11.3 Å². The predicted molar refractivity (Wildman–Crippen MR) is 90.5 cm³/mol. The minimum absolute atomic E-state index is 0.0701. The van der Waals surface area contributed by atoms with Gasteiger partial charge in [0, 0.05) is 24.5 Å². The molecule has 1 saturated heterocycles. The van der Waals surface area contributed by atoms with Crippen LogP contribution in [0.3, 0.4) is 0 Å². The van der Waals surface area contributed by atoms with Gasteiger partial charge < -0.3 is 15.0 Å². The standard InChI is InChI=1S/C18H20N2O2S/c21-17(22-12-14-4-2-1-3-5-14)20-10-8-18(13-20)15-7-11-23-16(15)6-9-19-18/h1-5,7,11,19H,6,8-10,12-13H2. The first-order valence-electron chi connectivity index (χ1n) is 8.04. The van der Waals surface area contributed by atoms with Gasteiger partial charge in [-0.1, -0.05) is 30.3 Å². The zero-order chi connectivity index (χ0) is 15.7. The summed E-state index contributed by atoms with van der Waals surface area (Å²) in [6.45, 7) is 2.76. The zero-order valence-electron chi connectivity index (χ0n) is 13.0. The molecule has 120 valence electrons. The van der Waals surface area contributed by atoms with Crippen LogP contribution < -0.4 is 5.32 Å². The quantitative estimate of drug-likeness (QED) is 0.921. The maximum absolute atomic E-state index is 12.4. The monoisotopic (exact) mass is 328 g/mol. The molecule has 3 heterocycles. The van der Waals surface area contributed by atoms with Gasteiger partial charge in [0.1, 0.15) is 6.61 Å². The summed E-state index contributed by atoms with van der Waals surface area (Å²) in [5.74, 6) is 0. The van der Waals surface area contributed by atoms with Gasteiger partial charge in [-0.3, -0.25) is 0 Å². The zero-order valence-corrected chi connectivity index (χ0v) is 13.8. The average Bonchev–Trinajstić information content (AvgIpc) is 3.22. The Bertz CT molecular complexity index is 700. The van der Waals surface area contributed by atoms with Crippen molar-refractivity contribution >= 4 is 17.4 Å². The Morgan fingerprint density at radius 1 is 1.30 bits per heavy atom. The summed E-state index contributed by atoms with van der Waals surface area (Å²) in [6.07, 6.45) is 1.83. The molecule has 23 heavy (non-hydrogen) atoms. The van der Waals surface area contributed by atoms with E-state index in [1.807, 2.05) is 46.6 Å². The molecular formula is C18H20N2O2S. The normalized spacial score (nSPS) is 23.0. The number of nitrogens with one attached hydrogen (secondary N) is 1. The summed E-state index contributed by atoms with van der Waals surface area (Å²) in [5, 5.41) is 5.82. The van der Waals surface area contributed by atoms with Gasteiger partial charge in [-0.15, -0.1) is 11.3 Å². The lowest BCUT2D eigenvalue weighted by Crippen LogP contribution is -2.49. The Morgan fingerprint density at radius 2 is 2.17 bits per heavy atom. The van der Waals surface area contributed by atoms with Crippen molar-refractivity contribution in [3.05, 3.63) is 57.8 Å². The molecule has 2 aliphatic rings. The van der Waals surface area contributed by atoms with Crippen LogP contribution in [0.15, 0.2) is 41.8 Å². The summed E-state index contributed by atoms with van der Waals surface area (Å²) in [7, 11) is 0. The second kappa shape index (κ2) is 5.98.